The molecule has 204 valence electrons. The van der Waals surface area contributed by atoms with Gasteiger partial charge in [-0.25, -0.2) is 4.39 Å². The van der Waals surface area contributed by atoms with Crippen LogP contribution in [0.5, 0.6) is 0 Å². The van der Waals surface area contributed by atoms with Crippen molar-refractivity contribution in [3.63, 3.8) is 0 Å². The summed E-state index contributed by atoms with van der Waals surface area (Å²) in [6, 6.07) is 15.9. The highest BCUT2D eigenvalue weighted by molar-refractivity contribution is 5.84. The van der Waals surface area contributed by atoms with Crippen molar-refractivity contribution >= 4 is 23.8 Å². The molecule has 0 spiro atoms. The molecule has 0 saturated heterocycles. The Bertz CT molecular complexity index is 1490. The smallest absolute Gasteiger partial charge is 0.143 e. The molecular formula is C30H32FN9. The van der Waals surface area contributed by atoms with Gasteiger partial charge in [0.05, 0.1) is 46.4 Å². The molecule has 1 saturated carbocycles. The molecule has 1 heterocycles. The molecule has 1 atom stereocenters. The van der Waals surface area contributed by atoms with Gasteiger partial charge in [-0.1, -0.05) is 32.9 Å². The van der Waals surface area contributed by atoms with Gasteiger partial charge in [0, 0.05) is 24.0 Å². The fourth-order valence-electron chi connectivity index (χ4n) is 4.40. The molecule has 4 rings (SSSR count). The number of hydrogen-bond donors (Lipinski definition) is 4. The summed E-state index contributed by atoms with van der Waals surface area (Å²) in [5.41, 5.74) is 9.78. The van der Waals surface area contributed by atoms with Gasteiger partial charge in [-0.05, 0) is 61.7 Å². The van der Waals surface area contributed by atoms with Crippen molar-refractivity contribution in [2.75, 3.05) is 11.9 Å². The highest BCUT2D eigenvalue weighted by atomic mass is 19.1. The van der Waals surface area contributed by atoms with Crippen molar-refractivity contribution in [1.29, 1.82) is 15.8 Å². The minimum Gasteiger partial charge on any atom is -0.383 e. The topological polar surface area (TPSA) is 135 Å². The van der Waals surface area contributed by atoms with E-state index in [1.807, 2.05) is 12.3 Å². The Hall–Kier alpha value is -4.85. The van der Waals surface area contributed by atoms with E-state index in [2.05, 4.69) is 72.3 Å². The molecule has 2 aliphatic rings. The standard InChI is InChI=1S/C30H32FN9/c1-19(14-32)26(36-18-29(2,3)4)24-13-23(12-21(15-33)27(24)35-5)37-28(20-6-8-22(31)9-7-20)25-16-40(39-38-25)30(17-34)10-11-30/h6-9,12-13,16,28,36-39H,5,10-11,18H2,1-4H3/b26-19-/t28-/m0/s1. The summed E-state index contributed by atoms with van der Waals surface area (Å²) in [4.78, 5) is 4.15. The predicted octanol–water partition coefficient (Wildman–Crippen LogP) is 5.30. The highest BCUT2D eigenvalue weighted by Gasteiger charge is 2.50. The van der Waals surface area contributed by atoms with Crippen LogP contribution < -0.4 is 21.6 Å². The summed E-state index contributed by atoms with van der Waals surface area (Å²) in [5.74, 6) is -0.362. The molecule has 9 nitrogen and oxygen atoms in total. The first-order valence-electron chi connectivity index (χ1n) is 12.9. The quantitative estimate of drug-likeness (QED) is 0.250. The molecule has 2 aromatic rings. The van der Waals surface area contributed by atoms with Crippen LogP contribution in [0.2, 0.25) is 0 Å². The number of nitrogens with one attached hydrogen (secondary N) is 4. The highest BCUT2D eigenvalue weighted by Crippen LogP contribution is 2.42. The number of nitriles is 3. The summed E-state index contributed by atoms with van der Waals surface area (Å²) >= 11 is 0. The normalized spacial score (nSPS) is 16.8. The third-order valence-electron chi connectivity index (χ3n) is 6.80. The number of halogens is 1. The van der Waals surface area contributed by atoms with Gasteiger partial charge in [0.25, 0.3) is 0 Å². The monoisotopic (exact) mass is 537 g/mol. The van der Waals surface area contributed by atoms with Crippen LogP contribution in [0.15, 0.2) is 58.9 Å². The maximum atomic E-state index is 13.8. The Kier molecular flexibility index (Phi) is 7.81. The van der Waals surface area contributed by atoms with Gasteiger partial charge in [-0.15, -0.1) is 5.53 Å². The third-order valence-corrected chi connectivity index (χ3v) is 6.80. The lowest BCUT2D eigenvalue weighted by Gasteiger charge is -2.25. The van der Waals surface area contributed by atoms with E-state index in [0.29, 0.717) is 40.5 Å². The Labute approximate surface area is 234 Å². The molecule has 1 fully saturated rings. The van der Waals surface area contributed by atoms with Crippen LogP contribution in [0.25, 0.3) is 5.70 Å². The van der Waals surface area contributed by atoms with Crippen LogP contribution in [-0.2, 0) is 0 Å². The minimum absolute atomic E-state index is 0.0772. The molecule has 0 aromatic heterocycles. The van der Waals surface area contributed by atoms with E-state index in [1.165, 1.54) is 12.1 Å². The Morgan fingerprint density at radius 3 is 2.45 bits per heavy atom. The molecule has 0 unspecified atom stereocenters. The molecule has 1 aliphatic heterocycles. The number of hydrogen-bond acceptors (Lipinski definition) is 9. The van der Waals surface area contributed by atoms with Gasteiger partial charge in [-0.3, -0.25) is 10.0 Å². The Morgan fingerprint density at radius 1 is 1.20 bits per heavy atom. The summed E-state index contributed by atoms with van der Waals surface area (Å²) in [6.07, 6.45) is 3.33. The zero-order valence-corrected chi connectivity index (χ0v) is 23.1. The van der Waals surface area contributed by atoms with Crippen LogP contribution in [-0.4, -0.2) is 23.8 Å². The maximum absolute atomic E-state index is 13.8. The van der Waals surface area contributed by atoms with Crippen LogP contribution in [0.1, 0.15) is 63.3 Å². The van der Waals surface area contributed by atoms with Crippen molar-refractivity contribution in [3.05, 3.63) is 76.4 Å². The predicted molar refractivity (Wildman–Crippen MR) is 153 cm³/mol. The first-order chi connectivity index (χ1) is 19.0. The number of allylic oxidation sites excluding steroid dienone is 1. The molecule has 2 aromatic carbocycles. The van der Waals surface area contributed by atoms with E-state index in [1.54, 1.807) is 30.1 Å². The SMILES string of the molecule is C=Nc1c(C#N)cc(N[C@H](C2=CN(C3(C#N)CC3)NN2)c2ccc(F)cc2)cc1/C(NCC(C)(C)C)=C(\C)C#N. The lowest BCUT2D eigenvalue weighted by Crippen LogP contribution is -2.44. The number of hydrazine groups is 2. The minimum atomic E-state index is -0.603. The van der Waals surface area contributed by atoms with Gasteiger partial charge in [0.2, 0.25) is 0 Å². The maximum Gasteiger partial charge on any atom is 0.143 e. The van der Waals surface area contributed by atoms with E-state index < -0.39 is 11.6 Å². The molecule has 40 heavy (non-hydrogen) atoms. The van der Waals surface area contributed by atoms with Crippen LogP contribution in [0.3, 0.4) is 0 Å². The molecule has 4 N–H and O–H groups in total. The number of rotatable bonds is 9. The van der Waals surface area contributed by atoms with E-state index in [0.717, 1.165) is 18.4 Å². The van der Waals surface area contributed by atoms with Crippen molar-refractivity contribution in [1.82, 2.24) is 21.3 Å². The summed E-state index contributed by atoms with van der Waals surface area (Å²) in [7, 11) is 0. The first-order valence-corrected chi connectivity index (χ1v) is 12.9. The second-order valence-electron chi connectivity index (χ2n) is 11.2. The molecule has 10 heteroatoms. The molecule has 0 amide bonds. The van der Waals surface area contributed by atoms with Gasteiger partial charge in [0.15, 0.2) is 0 Å². The van der Waals surface area contributed by atoms with Gasteiger partial charge < -0.3 is 16.1 Å². The van der Waals surface area contributed by atoms with Crippen LogP contribution in [0.4, 0.5) is 15.8 Å². The van der Waals surface area contributed by atoms with Crippen molar-refractivity contribution < 1.29 is 4.39 Å². The lowest BCUT2D eigenvalue weighted by atomic mass is 9.95. The van der Waals surface area contributed by atoms with Gasteiger partial charge in [-0.2, -0.15) is 15.8 Å². The zero-order chi connectivity index (χ0) is 29.1. The van der Waals surface area contributed by atoms with Crippen LogP contribution >= 0.6 is 0 Å². The van der Waals surface area contributed by atoms with Gasteiger partial charge >= 0.3 is 0 Å². The largest absolute Gasteiger partial charge is 0.383 e. The van der Waals surface area contributed by atoms with Crippen molar-refractivity contribution in [2.24, 2.45) is 10.4 Å². The zero-order valence-electron chi connectivity index (χ0n) is 23.1. The molecular weight excluding hydrogens is 505 g/mol. The van der Waals surface area contributed by atoms with Crippen molar-refractivity contribution in [2.45, 2.75) is 52.1 Å². The number of nitrogens with zero attached hydrogens (tertiary/aromatic N) is 5. The van der Waals surface area contributed by atoms with Gasteiger partial charge in [0.1, 0.15) is 17.4 Å². The fraction of sp³-hybridized carbons (Fsp3) is 0.333. The van der Waals surface area contributed by atoms with E-state index in [4.69, 9.17) is 0 Å². The van der Waals surface area contributed by atoms with E-state index in [9.17, 15) is 20.2 Å². The number of anilines is 1. The second kappa shape index (κ2) is 11.1. The third kappa shape index (κ3) is 5.91. The van der Waals surface area contributed by atoms with E-state index >= 15 is 0 Å². The average Bonchev–Trinajstić information content (AvgIpc) is 3.58. The Morgan fingerprint density at radius 2 is 1.90 bits per heavy atom. The fourth-order valence-corrected chi connectivity index (χ4v) is 4.40. The molecule has 0 bridgehead atoms. The summed E-state index contributed by atoms with van der Waals surface area (Å²) in [5, 5.41) is 38.0. The molecule has 0 radical (unpaired) electrons. The first kappa shape index (κ1) is 28.2. The summed E-state index contributed by atoms with van der Waals surface area (Å²) in [6.45, 7) is 12.2. The average molecular weight is 538 g/mol. The Balaban J connectivity index is 1.80. The number of benzene rings is 2. The van der Waals surface area contributed by atoms with Crippen molar-refractivity contribution in [3.8, 4) is 18.2 Å². The van der Waals surface area contributed by atoms with Crippen LogP contribution in [0, 0.1) is 45.2 Å². The lowest BCUT2D eigenvalue weighted by molar-refractivity contribution is 0.217. The summed E-state index contributed by atoms with van der Waals surface area (Å²) < 4.78 is 13.8. The number of aliphatic imine (C=N–C) groups is 1. The second-order valence-corrected chi connectivity index (χ2v) is 11.2. The van der Waals surface area contributed by atoms with E-state index in [-0.39, 0.29) is 16.8 Å². The molecule has 1 aliphatic carbocycles.